The van der Waals surface area contributed by atoms with Gasteiger partial charge in [0, 0.05) is 30.6 Å². The van der Waals surface area contributed by atoms with Crippen LogP contribution in [0.5, 0.6) is 0 Å². The number of fused-ring (bicyclic) bond motifs is 1. The van der Waals surface area contributed by atoms with Crippen LogP contribution in [-0.4, -0.2) is 4.98 Å². The number of halogens is 1. The second-order valence-electron chi connectivity index (χ2n) is 6.61. The first kappa shape index (κ1) is 19.3. The van der Waals surface area contributed by atoms with E-state index in [9.17, 15) is 4.79 Å². The van der Waals surface area contributed by atoms with Crippen LogP contribution in [0.4, 0.5) is 0 Å². The fourth-order valence-electron chi connectivity index (χ4n) is 3.09. The highest BCUT2D eigenvalue weighted by Crippen LogP contribution is 2.32. The topological polar surface area (TPSA) is 43.1 Å². The molecular weight excluding hydrogens is 478 g/mol. The predicted octanol–water partition coefficient (Wildman–Crippen LogP) is 7.50. The van der Waals surface area contributed by atoms with E-state index in [1.165, 1.54) is 21.1 Å². The summed E-state index contributed by atoms with van der Waals surface area (Å²) >= 11 is 6.62. The molecule has 0 saturated heterocycles. The minimum absolute atomic E-state index is 0.375. The molecule has 0 atom stereocenters. The number of benzene rings is 3. The van der Waals surface area contributed by atoms with Crippen LogP contribution in [0.3, 0.4) is 0 Å². The van der Waals surface area contributed by atoms with E-state index in [4.69, 9.17) is 9.40 Å². The van der Waals surface area contributed by atoms with Crippen molar-refractivity contribution in [3.8, 4) is 21.8 Å². The van der Waals surface area contributed by atoms with Crippen molar-refractivity contribution < 1.29 is 4.42 Å². The van der Waals surface area contributed by atoms with Gasteiger partial charge in [-0.15, -0.1) is 11.3 Å². The molecular formula is C24H14BrNO2S2. The maximum atomic E-state index is 12.5. The van der Waals surface area contributed by atoms with Gasteiger partial charge in [0.2, 0.25) is 0 Å². The van der Waals surface area contributed by atoms with Gasteiger partial charge in [0.05, 0.1) is 11.3 Å². The van der Waals surface area contributed by atoms with Crippen LogP contribution >= 0.6 is 39.0 Å². The van der Waals surface area contributed by atoms with Crippen molar-refractivity contribution in [3.63, 3.8) is 0 Å². The Morgan fingerprint density at radius 2 is 1.67 bits per heavy atom. The van der Waals surface area contributed by atoms with Gasteiger partial charge in [-0.05, 0) is 48.5 Å². The van der Waals surface area contributed by atoms with Crippen molar-refractivity contribution >= 4 is 50.0 Å². The summed E-state index contributed by atoms with van der Waals surface area (Å²) in [5.41, 5.74) is 2.53. The minimum Gasteiger partial charge on any atom is -0.422 e. The van der Waals surface area contributed by atoms with Crippen LogP contribution in [0.25, 0.3) is 32.8 Å². The van der Waals surface area contributed by atoms with Gasteiger partial charge in [-0.2, -0.15) is 0 Å². The zero-order chi connectivity index (χ0) is 20.5. The number of aromatic nitrogens is 1. The molecule has 2 heterocycles. The molecule has 0 spiro atoms. The predicted molar refractivity (Wildman–Crippen MR) is 127 cm³/mol. The number of nitrogens with zero attached hydrogens (tertiary/aromatic N) is 1. The molecule has 3 aromatic carbocycles. The van der Waals surface area contributed by atoms with Crippen molar-refractivity contribution in [3.05, 3.63) is 99.1 Å². The molecule has 30 heavy (non-hydrogen) atoms. The molecule has 5 rings (SSSR count). The van der Waals surface area contributed by atoms with Crippen LogP contribution in [0.1, 0.15) is 0 Å². The van der Waals surface area contributed by atoms with E-state index in [1.807, 2.05) is 41.8 Å². The molecule has 0 aliphatic carbocycles. The summed E-state index contributed by atoms with van der Waals surface area (Å²) in [7, 11) is 0. The van der Waals surface area contributed by atoms with Gasteiger partial charge in [-0.1, -0.05) is 58.0 Å². The molecule has 0 unspecified atom stereocenters. The van der Waals surface area contributed by atoms with Gasteiger partial charge in [-0.3, -0.25) is 0 Å². The number of hydrogen-bond acceptors (Lipinski definition) is 5. The summed E-state index contributed by atoms with van der Waals surface area (Å²) in [4.78, 5) is 19.5. The molecule has 6 heteroatoms. The monoisotopic (exact) mass is 491 g/mol. The Hall–Kier alpha value is -2.67. The SMILES string of the molecule is O=c1oc2ccc(Br)cc2cc1-c1nc(-c2ccc(Sc3ccccc3)cc2)cs1. The molecule has 2 aromatic heterocycles. The van der Waals surface area contributed by atoms with E-state index in [0.29, 0.717) is 16.2 Å². The van der Waals surface area contributed by atoms with Crippen molar-refractivity contribution in [2.75, 3.05) is 0 Å². The van der Waals surface area contributed by atoms with Gasteiger partial charge in [-0.25, -0.2) is 9.78 Å². The average Bonchev–Trinajstić information content (AvgIpc) is 3.25. The lowest BCUT2D eigenvalue weighted by Gasteiger charge is -2.03. The van der Waals surface area contributed by atoms with Crippen molar-refractivity contribution in [1.29, 1.82) is 0 Å². The number of hydrogen-bond donors (Lipinski definition) is 0. The molecule has 3 nitrogen and oxygen atoms in total. The zero-order valence-corrected chi connectivity index (χ0v) is 18.8. The minimum atomic E-state index is -0.375. The van der Waals surface area contributed by atoms with E-state index in [1.54, 1.807) is 17.8 Å². The highest BCUT2D eigenvalue weighted by Gasteiger charge is 2.13. The molecule has 0 radical (unpaired) electrons. The maximum absolute atomic E-state index is 12.5. The lowest BCUT2D eigenvalue weighted by molar-refractivity contribution is 0.563. The molecule has 0 amide bonds. The highest BCUT2D eigenvalue weighted by molar-refractivity contribution is 9.10. The maximum Gasteiger partial charge on any atom is 0.346 e. The standard InChI is InChI=1S/C24H14BrNO2S2/c25-17-8-11-22-16(12-17)13-20(24(27)28-22)23-26-21(14-29-23)15-6-9-19(10-7-15)30-18-4-2-1-3-5-18/h1-14H. The van der Waals surface area contributed by atoms with Crippen LogP contribution in [0, 0.1) is 0 Å². The van der Waals surface area contributed by atoms with Gasteiger partial charge in [0.15, 0.2) is 0 Å². The summed E-state index contributed by atoms with van der Waals surface area (Å²) in [6.45, 7) is 0. The molecule has 0 fully saturated rings. The van der Waals surface area contributed by atoms with Crippen LogP contribution < -0.4 is 5.63 Å². The summed E-state index contributed by atoms with van der Waals surface area (Å²) in [5.74, 6) is 0. The van der Waals surface area contributed by atoms with Crippen LogP contribution in [0.15, 0.2) is 108 Å². The fraction of sp³-hybridized carbons (Fsp3) is 0. The van der Waals surface area contributed by atoms with Gasteiger partial charge < -0.3 is 4.42 Å². The Kier molecular flexibility index (Phi) is 5.29. The van der Waals surface area contributed by atoms with Gasteiger partial charge in [0.1, 0.15) is 10.6 Å². The number of rotatable bonds is 4. The van der Waals surface area contributed by atoms with E-state index in [2.05, 4.69) is 52.3 Å². The van der Waals surface area contributed by atoms with Gasteiger partial charge >= 0.3 is 5.63 Å². The summed E-state index contributed by atoms with van der Waals surface area (Å²) in [6, 6.07) is 26.0. The largest absolute Gasteiger partial charge is 0.422 e. The van der Waals surface area contributed by atoms with E-state index >= 15 is 0 Å². The molecule has 0 saturated carbocycles. The molecule has 146 valence electrons. The zero-order valence-electron chi connectivity index (χ0n) is 15.5. The summed E-state index contributed by atoms with van der Waals surface area (Å²) in [6.07, 6.45) is 0. The lowest BCUT2D eigenvalue weighted by Crippen LogP contribution is -2.02. The van der Waals surface area contributed by atoms with Crippen molar-refractivity contribution in [1.82, 2.24) is 4.98 Å². The quantitative estimate of drug-likeness (QED) is 0.244. The third-order valence-corrected chi connectivity index (χ3v) is 6.94. The molecule has 0 bridgehead atoms. The lowest BCUT2D eigenvalue weighted by atomic mass is 10.1. The smallest absolute Gasteiger partial charge is 0.346 e. The van der Waals surface area contributed by atoms with Gasteiger partial charge in [0.25, 0.3) is 0 Å². The van der Waals surface area contributed by atoms with Crippen molar-refractivity contribution in [2.45, 2.75) is 9.79 Å². The first-order valence-corrected chi connectivity index (χ1v) is 11.7. The second kappa shape index (κ2) is 8.22. The first-order valence-electron chi connectivity index (χ1n) is 9.18. The van der Waals surface area contributed by atoms with E-state index < -0.39 is 0 Å². The number of thiazole rings is 1. The molecule has 0 aliphatic heterocycles. The molecule has 5 aromatic rings. The second-order valence-corrected chi connectivity index (χ2v) is 9.53. The average molecular weight is 492 g/mol. The highest BCUT2D eigenvalue weighted by atomic mass is 79.9. The van der Waals surface area contributed by atoms with Crippen molar-refractivity contribution in [2.24, 2.45) is 0 Å². The van der Waals surface area contributed by atoms with Crippen LogP contribution in [0.2, 0.25) is 0 Å². The molecule has 0 N–H and O–H groups in total. The van der Waals surface area contributed by atoms with E-state index in [-0.39, 0.29) is 5.63 Å². The Balaban J connectivity index is 1.43. The fourth-order valence-corrected chi connectivity index (χ4v) is 5.14. The normalized spacial score (nSPS) is 11.1. The molecule has 0 aliphatic rings. The summed E-state index contributed by atoms with van der Waals surface area (Å²) in [5, 5.41) is 3.49. The Morgan fingerprint density at radius 3 is 2.47 bits per heavy atom. The Bertz CT molecular complexity index is 1390. The Labute approximate surface area is 189 Å². The third-order valence-electron chi connectivity index (χ3n) is 4.56. The van der Waals surface area contributed by atoms with E-state index in [0.717, 1.165) is 21.1 Å². The summed E-state index contributed by atoms with van der Waals surface area (Å²) < 4.78 is 6.41. The Morgan fingerprint density at radius 1 is 0.900 bits per heavy atom. The van der Waals surface area contributed by atoms with Crippen LogP contribution in [-0.2, 0) is 0 Å². The first-order chi connectivity index (χ1) is 14.7. The third kappa shape index (κ3) is 3.99.